The van der Waals surface area contributed by atoms with Gasteiger partial charge in [0.1, 0.15) is 6.04 Å². The van der Waals surface area contributed by atoms with Gasteiger partial charge in [-0.15, -0.1) is 0 Å². The average Bonchev–Trinajstić information content (AvgIpc) is 3.57. The summed E-state index contributed by atoms with van der Waals surface area (Å²) < 4.78 is 52.0. The fraction of sp³-hybridized carbons (Fsp3) is 0.457. The van der Waals surface area contributed by atoms with Crippen molar-refractivity contribution < 1.29 is 37.3 Å². The molecule has 12 heteroatoms. The van der Waals surface area contributed by atoms with Gasteiger partial charge in [0.05, 0.1) is 18.8 Å². The molecule has 0 spiro atoms. The third kappa shape index (κ3) is 8.75. The molecule has 2 saturated heterocycles. The Kier molecular flexibility index (Phi) is 11.3. The molecule has 2 aliphatic heterocycles. The molecule has 5 rings (SSSR count). The summed E-state index contributed by atoms with van der Waals surface area (Å²) in [7, 11) is 2.06. The van der Waals surface area contributed by atoms with E-state index in [-0.39, 0.29) is 44.2 Å². The molecule has 0 unspecified atom stereocenters. The molecule has 2 aliphatic rings. The van der Waals surface area contributed by atoms with Crippen molar-refractivity contribution in [3.05, 3.63) is 101 Å². The van der Waals surface area contributed by atoms with Crippen LogP contribution in [0.4, 0.5) is 13.2 Å². The molecule has 3 aromatic rings. The summed E-state index contributed by atoms with van der Waals surface area (Å²) >= 11 is 0. The quantitative estimate of drug-likeness (QED) is 0.309. The number of aliphatic hydroxyl groups excluding tert-OH is 1. The van der Waals surface area contributed by atoms with E-state index in [2.05, 4.69) is 29.2 Å². The normalized spacial score (nSPS) is 23.2. The van der Waals surface area contributed by atoms with Crippen molar-refractivity contribution in [3.8, 4) is 0 Å². The molecule has 0 bridgehead atoms. The highest BCUT2D eigenvalue weighted by Crippen LogP contribution is 2.42. The van der Waals surface area contributed by atoms with Crippen molar-refractivity contribution >= 4 is 11.8 Å². The van der Waals surface area contributed by atoms with Crippen LogP contribution >= 0.6 is 0 Å². The molecule has 2 fully saturated rings. The lowest BCUT2D eigenvalue weighted by Crippen LogP contribution is -2.50. The zero-order chi connectivity index (χ0) is 33.6. The van der Waals surface area contributed by atoms with Gasteiger partial charge in [0, 0.05) is 56.0 Å². The molecule has 3 heterocycles. The maximum atomic E-state index is 13.0. The second-order valence-corrected chi connectivity index (χ2v) is 12.3. The number of carbonyl (C=O) groups is 2. The number of pyridine rings is 1. The number of aromatic nitrogens is 1. The van der Waals surface area contributed by atoms with Gasteiger partial charge in [-0.1, -0.05) is 61.5 Å². The van der Waals surface area contributed by atoms with Crippen LogP contribution in [0.15, 0.2) is 72.9 Å². The summed E-state index contributed by atoms with van der Waals surface area (Å²) in [4.78, 5) is 31.8. The average molecular weight is 655 g/mol. The topological polar surface area (TPSA) is 104 Å². The van der Waals surface area contributed by atoms with Crippen LogP contribution in [0, 0.1) is 5.92 Å². The van der Waals surface area contributed by atoms with E-state index < -0.39 is 30.3 Å². The smallest absolute Gasteiger partial charge is 0.392 e. The Bertz CT molecular complexity index is 1470. The van der Waals surface area contributed by atoms with Crippen molar-refractivity contribution in [1.29, 1.82) is 0 Å². The minimum atomic E-state index is -5.02. The molecule has 47 heavy (non-hydrogen) atoms. The fourth-order valence-corrected chi connectivity index (χ4v) is 6.12. The number of nitrogens with zero attached hydrogens (tertiary/aromatic N) is 3. The standard InChI is InChI=1S/C35H41F3N4O5/c1-23-30(21-41(2)19-16-28-6-3-4-17-39-28)46-33(47-31(23)26-12-10-25(22-43)11-13-26)27-14-8-24(9-15-27)20-40-32(44)29-7-5-18-42(29)34(45)35(36,37)38/h3-4,6,8-15,17,23,29-31,33,43H,5,7,16,18-22H2,1-2H3,(H,40,44)/t23-,29-,30+,31+,33+/m0/s1. The lowest BCUT2D eigenvalue weighted by molar-refractivity contribution is -0.275. The fourth-order valence-electron chi connectivity index (χ4n) is 6.12. The number of hydrogen-bond acceptors (Lipinski definition) is 7. The van der Waals surface area contributed by atoms with E-state index in [0.717, 1.165) is 40.9 Å². The molecule has 9 nitrogen and oxygen atoms in total. The maximum Gasteiger partial charge on any atom is 0.471 e. The molecule has 252 valence electrons. The highest BCUT2D eigenvalue weighted by atomic mass is 19.4. The molecule has 2 N–H and O–H groups in total. The van der Waals surface area contributed by atoms with Gasteiger partial charge in [-0.3, -0.25) is 14.6 Å². The Morgan fingerprint density at radius 2 is 1.72 bits per heavy atom. The van der Waals surface area contributed by atoms with Gasteiger partial charge in [0.15, 0.2) is 6.29 Å². The number of halogens is 3. The second kappa shape index (κ2) is 15.4. The number of nitrogens with one attached hydrogen (secondary N) is 1. The van der Waals surface area contributed by atoms with Crippen LogP contribution in [-0.2, 0) is 38.6 Å². The Hall–Kier alpha value is -3.84. The van der Waals surface area contributed by atoms with Crippen LogP contribution in [0.2, 0.25) is 0 Å². The van der Waals surface area contributed by atoms with Gasteiger partial charge in [0.25, 0.3) is 0 Å². The third-order valence-corrected chi connectivity index (χ3v) is 8.87. The number of aliphatic hydroxyl groups is 1. The molecular weight excluding hydrogens is 613 g/mol. The number of rotatable bonds is 11. The summed E-state index contributed by atoms with van der Waals surface area (Å²) in [6.07, 6.45) is -3.02. The number of likely N-dealkylation sites (tertiary alicyclic amines) is 1. The number of carbonyl (C=O) groups excluding carboxylic acids is 2. The van der Waals surface area contributed by atoms with Gasteiger partial charge >= 0.3 is 12.1 Å². The Morgan fingerprint density at radius 1 is 1.02 bits per heavy atom. The lowest BCUT2D eigenvalue weighted by Gasteiger charge is -2.42. The number of benzene rings is 2. The summed E-state index contributed by atoms with van der Waals surface area (Å²) in [6.45, 7) is 3.52. The summed E-state index contributed by atoms with van der Waals surface area (Å²) in [5.41, 5.74) is 4.33. The number of likely N-dealkylation sites (N-methyl/N-ethyl adjacent to an activating group) is 1. The van der Waals surface area contributed by atoms with E-state index in [1.54, 1.807) is 6.20 Å². The van der Waals surface area contributed by atoms with Gasteiger partial charge < -0.3 is 29.7 Å². The molecule has 0 saturated carbocycles. The second-order valence-electron chi connectivity index (χ2n) is 12.3. The molecule has 5 atom stereocenters. The first-order valence-corrected chi connectivity index (χ1v) is 15.9. The summed E-state index contributed by atoms with van der Waals surface area (Å²) in [5, 5.41) is 12.2. The van der Waals surface area contributed by atoms with E-state index in [1.807, 2.05) is 66.7 Å². The van der Waals surface area contributed by atoms with Crippen LogP contribution in [0.3, 0.4) is 0 Å². The molecular formula is C35H41F3N4O5. The number of ether oxygens (including phenoxy) is 2. The van der Waals surface area contributed by atoms with Crippen molar-refractivity contribution in [2.24, 2.45) is 5.92 Å². The largest absolute Gasteiger partial charge is 0.471 e. The molecule has 2 amide bonds. The van der Waals surface area contributed by atoms with Crippen molar-refractivity contribution in [1.82, 2.24) is 20.1 Å². The predicted molar refractivity (Wildman–Crippen MR) is 167 cm³/mol. The maximum absolute atomic E-state index is 13.0. The molecule has 2 aromatic carbocycles. The van der Waals surface area contributed by atoms with Crippen LogP contribution in [0.25, 0.3) is 0 Å². The number of amides is 2. The van der Waals surface area contributed by atoms with E-state index in [4.69, 9.17) is 9.47 Å². The van der Waals surface area contributed by atoms with E-state index in [1.165, 1.54) is 0 Å². The van der Waals surface area contributed by atoms with Gasteiger partial charge in [-0.05, 0) is 48.7 Å². The minimum Gasteiger partial charge on any atom is -0.392 e. The molecule has 0 aliphatic carbocycles. The van der Waals surface area contributed by atoms with Gasteiger partial charge in [-0.2, -0.15) is 13.2 Å². The van der Waals surface area contributed by atoms with Crippen LogP contribution in [0.1, 0.15) is 60.1 Å². The zero-order valence-electron chi connectivity index (χ0n) is 26.5. The first-order valence-electron chi connectivity index (χ1n) is 15.9. The molecule has 1 aromatic heterocycles. The first-order chi connectivity index (χ1) is 22.5. The Morgan fingerprint density at radius 3 is 2.38 bits per heavy atom. The predicted octanol–water partition coefficient (Wildman–Crippen LogP) is 4.71. The highest BCUT2D eigenvalue weighted by Gasteiger charge is 2.47. The van der Waals surface area contributed by atoms with Crippen LogP contribution in [-0.4, -0.2) is 76.7 Å². The Balaban J connectivity index is 1.25. The SMILES string of the molecule is C[C@H]1[C@@H](CN(C)CCc2ccccn2)O[C@@H](c2ccc(CNC(=O)[C@@H]3CCCN3C(=O)C(F)(F)F)cc2)O[C@H]1c1ccc(CO)cc1. The third-order valence-electron chi connectivity index (χ3n) is 8.87. The summed E-state index contributed by atoms with van der Waals surface area (Å²) in [6, 6.07) is 19.8. The Labute approximate surface area is 272 Å². The van der Waals surface area contributed by atoms with Gasteiger partial charge in [0.2, 0.25) is 5.91 Å². The van der Waals surface area contributed by atoms with E-state index in [0.29, 0.717) is 17.9 Å². The zero-order valence-corrected chi connectivity index (χ0v) is 26.5. The first kappa shape index (κ1) is 34.5. The lowest BCUT2D eigenvalue weighted by atomic mass is 9.90. The van der Waals surface area contributed by atoms with Crippen LogP contribution < -0.4 is 5.32 Å². The van der Waals surface area contributed by atoms with Crippen LogP contribution in [0.5, 0.6) is 0 Å². The van der Waals surface area contributed by atoms with E-state index >= 15 is 0 Å². The van der Waals surface area contributed by atoms with Crippen molar-refractivity contribution in [2.75, 3.05) is 26.7 Å². The summed E-state index contributed by atoms with van der Waals surface area (Å²) in [5.74, 6) is -2.58. The van der Waals surface area contributed by atoms with Crippen molar-refractivity contribution in [2.45, 2.75) is 70.1 Å². The highest BCUT2D eigenvalue weighted by molar-refractivity contribution is 5.90. The minimum absolute atomic E-state index is 0.0115. The number of hydrogen-bond donors (Lipinski definition) is 2. The molecule has 0 radical (unpaired) electrons. The monoisotopic (exact) mass is 654 g/mol. The van der Waals surface area contributed by atoms with Gasteiger partial charge in [-0.25, -0.2) is 0 Å². The van der Waals surface area contributed by atoms with Crippen molar-refractivity contribution in [3.63, 3.8) is 0 Å². The van der Waals surface area contributed by atoms with E-state index in [9.17, 15) is 27.9 Å². The number of alkyl halides is 3.